The predicted octanol–water partition coefficient (Wildman–Crippen LogP) is 3.04. The number of unbranched alkanes of at least 4 members (excludes halogenated alkanes) is 1. The molecule has 0 saturated carbocycles. The highest BCUT2D eigenvalue weighted by atomic mass is 16.5. The Morgan fingerprint density at radius 2 is 2.05 bits per heavy atom. The van der Waals surface area contributed by atoms with Crippen molar-refractivity contribution in [2.24, 2.45) is 0 Å². The van der Waals surface area contributed by atoms with E-state index in [-0.39, 0.29) is 18.1 Å². The van der Waals surface area contributed by atoms with Crippen molar-refractivity contribution >= 4 is 16.7 Å². The highest BCUT2D eigenvalue weighted by Gasteiger charge is 2.06. The third-order valence-corrected chi connectivity index (χ3v) is 3.36. The third kappa shape index (κ3) is 4.10. The van der Waals surface area contributed by atoms with Gasteiger partial charge in [-0.15, -0.1) is 0 Å². The van der Waals surface area contributed by atoms with Crippen LogP contribution in [-0.2, 0) is 11.3 Å². The van der Waals surface area contributed by atoms with Crippen LogP contribution >= 0.6 is 0 Å². The molecule has 5 heteroatoms. The van der Waals surface area contributed by atoms with Crippen molar-refractivity contribution in [2.45, 2.75) is 45.8 Å². The molecular formula is C17H21NO4. The van der Waals surface area contributed by atoms with E-state index in [1.165, 1.54) is 0 Å². The third-order valence-electron chi connectivity index (χ3n) is 3.36. The minimum atomic E-state index is -0.802. The molecule has 0 aliphatic carbocycles. The first-order valence-electron chi connectivity index (χ1n) is 7.49. The summed E-state index contributed by atoms with van der Waals surface area (Å²) in [6, 6.07) is 7.34. The molecule has 0 spiro atoms. The second-order valence-electron chi connectivity index (χ2n) is 5.58. The second kappa shape index (κ2) is 7.11. The van der Waals surface area contributed by atoms with Gasteiger partial charge in [-0.25, -0.2) is 0 Å². The molecule has 118 valence electrons. The summed E-state index contributed by atoms with van der Waals surface area (Å²) in [7, 11) is 0. The number of hydrogen-bond acceptors (Lipinski definition) is 3. The first-order valence-corrected chi connectivity index (χ1v) is 7.49. The lowest BCUT2D eigenvalue weighted by molar-refractivity contribution is -0.137. The molecule has 0 bridgehead atoms. The highest BCUT2D eigenvalue weighted by molar-refractivity contribution is 5.82. The number of carbonyl (C=O) groups is 1. The van der Waals surface area contributed by atoms with Gasteiger partial charge in [0, 0.05) is 24.5 Å². The molecule has 1 aromatic carbocycles. The summed E-state index contributed by atoms with van der Waals surface area (Å²) < 4.78 is 7.26. The summed E-state index contributed by atoms with van der Waals surface area (Å²) in [5.74, 6) is -0.0513. The molecule has 1 aromatic heterocycles. The number of aromatic nitrogens is 1. The average molecular weight is 303 g/mol. The van der Waals surface area contributed by atoms with Crippen molar-refractivity contribution in [2.75, 3.05) is 0 Å². The number of benzene rings is 1. The maximum Gasteiger partial charge on any atom is 0.303 e. The van der Waals surface area contributed by atoms with E-state index in [1.54, 1.807) is 22.9 Å². The van der Waals surface area contributed by atoms with Crippen molar-refractivity contribution in [3.05, 3.63) is 40.8 Å². The maximum atomic E-state index is 12.4. The van der Waals surface area contributed by atoms with Crippen molar-refractivity contribution in [3.63, 3.8) is 0 Å². The van der Waals surface area contributed by atoms with E-state index in [0.717, 1.165) is 11.1 Å². The van der Waals surface area contributed by atoms with Crippen LogP contribution in [0.15, 0.2) is 35.3 Å². The van der Waals surface area contributed by atoms with E-state index in [9.17, 15) is 9.59 Å². The number of aryl methyl sites for hydroxylation is 1. The Kier molecular flexibility index (Phi) is 5.20. The van der Waals surface area contributed by atoms with E-state index in [0.29, 0.717) is 24.8 Å². The van der Waals surface area contributed by atoms with Crippen LogP contribution in [0.3, 0.4) is 0 Å². The van der Waals surface area contributed by atoms with Crippen molar-refractivity contribution in [3.8, 4) is 5.75 Å². The Morgan fingerprint density at radius 3 is 2.73 bits per heavy atom. The Bertz CT molecular complexity index is 718. The molecule has 0 aliphatic heterocycles. The predicted molar refractivity (Wildman–Crippen MR) is 85.5 cm³/mol. The van der Waals surface area contributed by atoms with E-state index in [2.05, 4.69) is 0 Å². The molecule has 0 aliphatic rings. The molecule has 1 heterocycles. The Labute approximate surface area is 129 Å². The van der Waals surface area contributed by atoms with Crippen LogP contribution < -0.4 is 10.3 Å². The molecule has 0 unspecified atom stereocenters. The van der Waals surface area contributed by atoms with Gasteiger partial charge in [-0.2, -0.15) is 0 Å². The smallest absolute Gasteiger partial charge is 0.303 e. The number of carboxylic acids is 1. The topological polar surface area (TPSA) is 68.5 Å². The lowest BCUT2D eigenvalue weighted by Gasteiger charge is -2.11. The van der Waals surface area contributed by atoms with Gasteiger partial charge in [-0.05, 0) is 56.3 Å². The van der Waals surface area contributed by atoms with E-state index < -0.39 is 5.97 Å². The fourth-order valence-corrected chi connectivity index (χ4v) is 2.35. The summed E-state index contributed by atoms with van der Waals surface area (Å²) in [6.45, 7) is 4.45. The normalized spacial score (nSPS) is 11.0. The maximum absolute atomic E-state index is 12.4. The standard InChI is InChI=1S/C17H21NO4/c1-12(2)22-14-6-7-15-13(11-14)8-10-18(17(15)21)9-4-3-5-16(19)20/h6-8,10-12H,3-5,9H2,1-2H3,(H,19,20). The number of aliphatic carboxylic acids is 1. The van der Waals surface area contributed by atoms with Crippen LogP contribution in [0.1, 0.15) is 33.1 Å². The molecule has 0 saturated heterocycles. The van der Waals surface area contributed by atoms with Gasteiger partial charge >= 0.3 is 5.97 Å². The number of carboxylic acid groups (broad SMARTS) is 1. The molecule has 5 nitrogen and oxygen atoms in total. The van der Waals surface area contributed by atoms with Gasteiger partial charge in [0.25, 0.3) is 5.56 Å². The summed E-state index contributed by atoms with van der Waals surface area (Å²) in [6.07, 6.45) is 3.22. The number of hydrogen-bond donors (Lipinski definition) is 1. The first kappa shape index (κ1) is 16.1. The quantitative estimate of drug-likeness (QED) is 0.798. The number of ether oxygens (including phenoxy) is 1. The largest absolute Gasteiger partial charge is 0.491 e. The van der Waals surface area contributed by atoms with Gasteiger partial charge in [0.1, 0.15) is 5.75 Å². The Hall–Kier alpha value is -2.30. The SMILES string of the molecule is CC(C)Oc1ccc2c(=O)n(CCCCC(=O)O)ccc2c1. The van der Waals surface area contributed by atoms with Crippen molar-refractivity contribution in [1.82, 2.24) is 4.57 Å². The summed E-state index contributed by atoms with van der Waals surface area (Å²) >= 11 is 0. The van der Waals surface area contributed by atoms with Crippen LogP contribution in [0.2, 0.25) is 0 Å². The molecule has 0 radical (unpaired) electrons. The minimum absolute atomic E-state index is 0.0519. The Morgan fingerprint density at radius 1 is 1.27 bits per heavy atom. The van der Waals surface area contributed by atoms with Gasteiger partial charge in [0.2, 0.25) is 0 Å². The number of pyridine rings is 1. The monoisotopic (exact) mass is 303 g/mol. The van der Waals surface area contributed by atoms with Crippen LogP contribution in [0.25, 0.3) is 10.8 Å². The molecule has 0 fully saturated rings. The van der Waals surface area contributed by atoms with Crippen LogP contribution in [0.5, 0.6) is 5.75 Å². The molecule has 2 aromatic rings. The van der Waals surface area contributed by atoms with Gasteiger partial charge in [0.05, 0.1) is 6.10 Å². The Balaban J connectivity index is 2.16. The fourth-order valence-electron chi connectivity index (χ4n) is 2.35. The average Bonchev–Trinajstić information content (AvgIpc) is 2.44. The van der Waals surface area contributed by atoms with Crippen LogP contribution in [-0.4, -0.2) is 21.7 Å². The molecule has 1 N–H and O–H groups in total. The van der Waals surface area contributed by atoms with E-state index >= 15 is 0 Å². The molecule has 22 heavy (non-hydrogen) atoms. The lowest BCUT2D eigenvalue weighted by Crippen LogP contribution is -2.19. The van der Waals surface area contributed by atoms with E-state index in [4.69, 9.17) is 9.84 Å². The van der Waals surface area contributed by atoms with Crippen LogP contribution in [0.4, 0.5) is 0 Å². The van der Waals surface area contributed by atoms with Gasteiger partial charge in [0.15, 0.2) is 0 Å². The highest BCUT2D eigenvalue weighted by Crippen LogP contribution is 2.19. The fraction of sp³-hybridized carbons (Fsp3) is 0.412. The number of fused-ring (bicyclic) bond motifs is 1. The summed E-state index contributed by atoms with van der Waals surface area (Å²) in [5.41, 5.74) is -0.0519. The van der Waals surface area contributed by atoms with Crippen molar-refractivity contribution < 1.29 is 14.6 Å². The summed E-state index contributed by atoms with van der Waals surface area (Å²) in [5, 5.41) is 10.1. The molecule has 0 amide bonds. The lowest BCUT2D eigenvalue weighted by atomic mass is 10.1. The van der Waals surface area contributed by atoms with E-state index in [1.807, 2.05) is 26.0 Å². The van der Waals surface area contributed by atoms with Crippen LogP contribution in [0, 0.1) is 0 Å². The zero-order valence-electron chi connectivity index (χ0n) is 12.9. The molecular weight excluding hydrogens is 282 g/mol. The number of nitrogens with zero attached hydrogens (tertiary/aromatic N) is 1. The van der Waals surface area contributed by atoms with Gasteiger partial charge in [-0.3, -0.25) is 9.59 Å². The van der Waals surface area contributed by atoms with Crippen molar-refractivity contribution in [1.29, 1.82) is 0 Å². The first-order chi connectivity index (χ1) is 10.5. The summed E-state index contributed by atoms with van der Waals surface area (Å²) in [4.78, 5) is 22.9. The van der Waals surface area contributed by atoms with Gasteiger partial charge in [-0.1, -0.05) is 0 Å². The zero-order chi connectivity index (χ0) is 16.1. The number of rotatable bonds is 7. The second-order valence-corrected chi connectivity index (χ2v) is 5.58. The molecule has 2 rings (SSSR count). The minimum Gasteiger partial charge on any atom is -0.491 e. The zero-order valence-corrected chi connectivity index (χ0v) is 12.9. The van der Waals surface area contributed by atoms with Gasteiger partial charge < -0.3 is 14.4 Å². The molecule has 0 atom stereocenters.